The van der Waals surface area contributed by atoms with Gasteiger partial charge in [0.05, 0.1) is 0 Å². The summed E-state index contributed by atoms with van der Waals surface area (Å²) in [5.41, 5.74) is 9.43. The molecule has 1 atom stereocenters. The maximum Gasteiger partial charge on any atom is 0.123 e. The predicted octanol–water partition coefficient (Wildman–Crippen LogP) is 3.85. The van der Waals surface area contributed by atoms with Crippen LogP contribution in [0.5, 0.6) is 0 Å². The topological polar surface area (TPSA) is 41.8 Å². The molecule has 1 aromatic heterocycles. The van der Waals surface area contributed by atoms with Gasteiger partial charge in [-0.2, -0.15) is 0 Å². The van der Waals surface area contributed by atoms with Crippen LogP contribution in [0.4, 0.5) is 4.39 Å². The predicted molar refractivity (Wildman–Crippen MR) is 76.7 cm³/mol. The van der Waals surface area contributed by atoms with E-state index in [0.29, 0.717) is 18.4 Å². The van der Waals surface area contributed by atoms with E-state index in [9.17, 15) is 4.39 Å². The molecule has 0 radical (unpaired) electrons. The average molecular weight is 260 g/mol. The molecule has 1 aliphatic rings. The summed E-state index contributed by atoms with van der Waals surface area (Å²) < 4.78 is 13.5. The molecule has 3 rings (SSSR count). The zero-order chi connectivity index (χ0) is 13.4. The zero-order valence-electron chi connectivity index (χ0n) is 11.4. The quantitative estimate of drug-likeness (QED) is 0.864. The maximum absolute atomic E-state index is 13.5. The molecule has 3 N–H and O–H groups in total. The Morgan fingerprint density at radius 3 is 2.79 bits per heavy atom. The molecule has 2 nitrogen and oxygen atoms in total. The Balaban J connectivity index is 2.11. The molecule has 1 fully saturated rings. The standard InChI is InChI=1S/C16H21FN2/c1-10-16(14(9-18)11-4-2-3-5-11)13-8-12(17)6-7-15(13)19-10/h6-8,11,14,19H,2-5,9,18H2,1H3. The van der Waals surface area contributed by atoms with Crippen LogP contribution in [0.3, 0.4) is 0 Å². The van der Waals surface area contributed by atoms with E-state index in [0.717, 1.165) is 16.6 Å². The van der Waals surface area contributed by atoms with Crippen LogP contribution in [0.2, 0.25) is 0 Å². The van der Waals surface area contributed by atoms with Crippen molar-refractivity contribution in [3.63, 3.8) is 0 Å². The van der Waals surface area contributed by atoms with Gasteiger partial charge in [0.2, 0.25) is 0 Å². The number of aromatic amines is 1. The van der Waals surface area contributed by atoms with Gasteiger partial charge in [0.15, 0.2) is 0 Å². The van der Waals surface area contributed by atoms with Gasteiger partial charge in [0, 0.05) is 22.5 Å². The number of nitrogens with two attached hydrogens (primary N) is 1. The fourth-order valence-corrected chi connectivity index (χ4v) is 3.70. The third-order valence-electron chi connectivity index (χ3n) is 4.59. The minimum Gasteiger partial charge on any atom is -0.358 e. The van der Waals surface area contributed by atoms with Gasteiger partial charge in [-0.3, -0.25) is 0 Å². The summed E-state index contributed by atoms with van der Waals surface area (Å²) in [6.45, 7) is 2.72. The molecule has 0 amide bonds. The monoisotopic (exact) mass is 260 g/mol. The molecule has 102 valence electrons. The van der Waals surface area contributed by atoms with E-state index >= 15 is 0 Å². The van der Waals surface area contributed by atoms with Crippen LogP contribution in [0.15, 0.2) is 18.2 Å². The van der Waals surface area contributed by atoms with Crippen LogP contribution in [-0.2, 0) is 0 Å². The van der Waals surface area contributed by atoms with E-state index < -0.39 is 0 Å². The van der Waals surface area contributed by atoms with Crippen LogP contribution in [-0.4, -0.2) is 11.5 Å². The molecule has 0 saturated heterocycles. The number of aryl methyl sites for hydroxylation is 1. The third kappa shape index (κ3) is 2.16. The van der Waals surface area contributed by atoms with Gasteiger partial charge in [-0.1, -0.05) is 12.8 Å². The summed E-state index contributed by atoms with van der Waals surface area (Å²) in [5.74, 6) is 0.846. The van der Waals surface area contributed by atoms with Crippen molar-refractivity contribution < 1.29 is 4.39 Å². The van der Waals surface area contributed by atoms with Crippen molar-refractivity contribution in [2.75, 3.05) is 6.54 Å². The summed E-state index contributed by atoms with van der Waals surface area (Å²) in [6.07, 6.45) is 5.11. The highest BCUT2D eigenvalue weighted by Crippen LogP contribution is 2.40. The van der Waals surface area contributed by atoms with Crippen molar-refractivity contribution >= 4 is 10.9 Å². The first-order chi connectivity index (χ1) is 9.20. The van der Waals surface area contributed by atoms with Gasteiger partial charge in [-0.05, 0) is 56.0 Å². The lowest BCUT2D eigenvalue weighted by molar-refractivity contribution is 0.441. The Kier molecular flexibility index (Phi) is 3.31. The molecule has 3 heteroatoms. The molecule has 0 aliphatic heterocycles. The highest BCUT2D eigenvalue weighted by atomic mass is 19.1. The molecule has 1 unspecified atom stereocenters. The van der Waals surface area contributed by atoms with Crippen molar-refractivity contribution in [1.29, 1.82) is 0 Å². The van der Waals surface area contributed by atoms with Crippen LogP contribution in [0.25, 0.3) is 10.9 Å². The van der Waals surface area contributed by atoms with Crippen LogP contribution < -0.4 is 5.73 Å². The van der Waals surface area contributed by atoms with Crippen molar-refractivity contribution in [2.24, 2.45) is 11.7 Å². The van der Waals surface area contributed by atoms with Gasteiger partial charge in [0.1, 0.15) is 5.82 Å². The molecular formula is C16H21FN2. The summed E-state index contributed by atoms with van der Waals surface area (Å²) in [6, 6.07) is 4.98. The summed E-state index contributed by atoms with van der Waals surface area (Å²) in [4.78, 5) is 3.37. The summed E-state index contributed by atoms with van der Waals surface area (Å²) >= 11 is 0. The van der Waals surface area contributed by atoms with E-state index in [1.165, 1.54) is 37.3 Å². The van der Waals surface area contributed by atoms with E-state index in [2.05, 4.69) is 11.9 Å². The molecule has 1 aliphatic carbocycles. The number of hydrogen-bond donors (Lipinski definition) is 2. The largest absolute Gasteiger partial charge is 0.358 e. The minimum absolute atomic E-state index is 0.171. The number of halogens is 1. The third-order valence-corrected chi connectivity index (χ3v) is 4.59. The smallest absolute Gasteiger partial charge is 0.123 e. The highest BCUT2D eigenvalue weighted by molar-refractivity contribution is 5.85. The Morgan fingerprint density at radius 2 is 2.11 bits per heavy atom. The minimum atomic E-state index is -0.171. The van der Waals surface area contributed by atoms with Gasteiger partial charge < -0.3 is 10.7 Å². The molecule has 1 aromatic carbocycles. The summed E-state index contributed by atoms with van der Waals surface area (Å²) in [7, 11) is 0. The summed E-state index contributed by atoms with van der Waals surface area (Å²) in [5, 5.41) is 1.01. The van der Waals surface area contributed by atoms with Gasteiger partial charge in [0.25, 0.3) is 0 Å². The number of rotatable bonds is 3. The van der Waals surface area contributed by atoms with Gasteiger partial charge in [-0.15, -0.1) is 0 Å². The van der Waals surface area contributed by atoms with Crippen LogP contribution >= 0.6 is 0 Å². The second-order valence-corrected chi connectivity index (χ2v) is 5.74. The second-order valence-electron chi connectivity index (χ2n) is 5.74. The Hall–Kier alpha value is -1.35. The molecule has 1 heterocycles. The van der Waals surface area contributed by atoms with Crippen molar-refractivity contribution in [1.82, 2.24) is 4.98 Å². The van der Waals surface area contributed by atoms with Crippen LogP contribution in [0.1, 0.15) is 42.9 Å². The van der Waals surface area contributed by atoms with Crippen molar-refractivity contribution in [3.05, 3.63) is 35.3 Å². The van der Waals surface area contributed by atoms with E-state index in [1.54, 1.807) is 6.07 Å². The molecule has 0 spiro atoms. The first-order valence-corrected chi connectivity index (χ1v) is 7.18. The number of nitrogens with one attached hydrogen (secondary N) is 1. The van der Waals surface area contributed by atoms with Gasteiger partial charge >= 0.3 is 0 Å². The fraction of sp³-hybridized carbons (Fsp3) is 0.500. The zero-order valence-corrected chi connectivity index (χ0v) is 11.4. The van der Waals surface area contributed by atoms with Crippen molar-refractivity contribution in [2.45, 2.75) is 38.5 Å². The Labute approximate surface area is 113 Å². The normalized spacial score (nSPS) is 18.3. The lowest BCUT2D eigenvalue weighted by atomic mass is 9.83. The molecule has 2 aromatic rings. The second kappa shape index (κ2) is 4.97. The highest BCUT2D eigenvalue weighted by Gasteiger charge is 2.28. The van der Waals surface area contributed by atoms with E-state index in [4.69, 9.17) is 5.73 Å². The maximum atomic E-state index is 13.5. The lowest BCUT2D eigenvalue weighted by Crippen LogP contribution is -2.20. The number of benzene rings is 1. The average Bonchev–Trinajstić information content (AvgIpc) is 3.00. The molecule has 19 heavy (non-hydrogen) atoms. The van der Waals surface area contributed by atoms with Crippen molar-refractivity contribution in [3.8, 4) is 0 Å². The van der Waals surface area contributed by atoms with Crippen LogP contribution in [0, 0.1) is 18.7 Å². The fourth-order valence-electron chi connectivity index (χ4n) is 3.70. The Morgan fingerprint density at radius 1 is 1.37 bits per heavy atom. The molecular weight excluding hydrogens is 239 g/mol. The van der Waals surface area contributed by atoms with Gasteiger partial charge in [-0.25, -0.2) is 4.39 Å². The number of hydrogen-bond acceptors (Lipinski definition) is 1. The Bertz CT molecular complexity index is 582. The molecule has 1 saturated carbocycles. The SMILES string of the molecule is Cc1[nH]c2ccc(F)cc2c1C(CN)C1CCCC1. The first kappa shape index (κ1) is 12.7. The molecule has 0 bridgehead atoms. The van der Waals surface area contributed by atoms with E-state index in [1.807, 2.05) is 6.07 Å². The lowest BCUT2D eigenvalue weighted by Gasteiger charge is -2.22. The van der Waals surface area contributed by atoms with E-state index in [-0.39, 0.29) is 5.82 Å². The number of aromatic nitrogens is 1. The number of H-pyrrole nitrogens is 1. The first-order valence-electron chi connectivity index (χ1n) is 7.18. The number of fused-ring (bicyclic) bond motifs is 1.